The predicted octanol–water partition coefficient (Wildman–Crippen LogP) is 3.55. The lowest BCUT2D eigenvalue weighted by Gasteiger charge is -2.20. The second-order valence-electron chi connectivity index (χ2n) is 7.82. The smallest absolute Gasteiger partial charge is 0.303 e. The van der Waals surface area contributed by atoms with Crippen LogP contribution in [0.1, 0.15) is 29.2 Å². The Balaban J connectivity index is 1.63. The molecule has 2 heterocycles. The minimum absolute atomic E-state index is 0.00439. The highest BCUT2D eigenvalue weighted by Gasteiger charge is 2.22. The number of nitrogens with zero attached hydrogens (tertiary/aromatic N) is 3. The van der Waals surface area contributed by atoms with Crippen molar-refractivity contribution in [1.29, 1.82) is 0 Å². The number of hydrogen-bond donors (Lipinski definition) is 2. The number of aliphatic carboxylic acids is 1. The van der Waals surface area contributed by atoms with E-state index in [-0.39, 0.29) is 11.3 Å². The fourth-order valence-corrected chi connectivity index (χ4v) is 4.84. The normalized spacial score (nSPS) is 12.4. The maximum absolute atomic E-state index is 13.1. The summed E-state index contributed by atoms with van der Waals surface area (Å²) in [5.41, 5.74) is 3.42. The molecule has 8 nitrogen and oxygen atoms in total. The van der Waals surface area contributed by atoms with Crippen LogP contribution in [0, 0.1) is 0 Å². The number of pyridine rings is 1. The van der Waals surface area contributed by atoms with Gasteiger partial charge in [0.15, 0.2) is 0 Å². The molecule has 0 amide bonds. The van der Waals surface area contributed by atoms with Crippen molar-refractivity contribution in [3.05, 3.63) is 108 Å². The SMILES string of the molecule is O=C(O)CCc1cccc([C@@H](Cc2ccc(-n3cccn3)cc2)NS(=O)(=O)c2cccnc2)c1. The van der Waals surface area contributed by atoms with Crippen LogP contribution in [0.2, 0.25) is 0 Å². The van der Waals surface area contributed by atoms with Gasteiger partial charge < -0.3 is 5.11 Å². The topological polar surface area (TPSA) is 114 Å². The van der Waals surface area contributed by atoms with E-state index in [4.69, 9.17) is 5.11 Å². The molecule has 0 bridgehead atoms. The summed E-state index contributed by atoms with van der Waals surface area (Å²) in [5, 5.41) is 13.2. The van der Waals surface area contributed by atoms with Crippen LogP contribution in [0.15, 0.2) is 96.4 Å². The first-order valence-corrected chi connectivity index (χ1v) is 12.2. The Kier molecular flexibility index (Phi) is 7.15. The number of aryl methyl sites for hydroxylation is 1. The molecular weight excluding hydrogens is 452 g/mol. The van der Waals surface area contributed by atoms with Gasteiger partial charge in [0.2, 0.25) is 10.0 Å². The number of nitrogens with one attached hydrogen (secondary N) is 1. The van der Waals surface area contributed by atoms with Crippen molar-refractivity contribution in [3.8, 4) is 5.69 Å². The molecular formula is C25H24N4O4S. The number of carbonyl (C=O) groups is 1. The highest BCUT2D eigenvalue weighted by atomic mass is 32.2. The maximum Gasteiger partial charge on any atom is 0.303 e. The van der Waals surface area contributed by atoms with Gasteiger partial charge in [0.25, 0.3) is 0 Å². The van der Waals surface area contributed by atoms with Crippen LogP contribution in [0.25, 0.3) is 5.69 Å². The number of carboxylic acids is 1. The van der Waals surface area contributed by atoms with Crippen LogP contribution in [-0.2, 0) is 27.7 Å². The Morgan fingerprint density at radius 3 is 2.50 bits per heavy atom. The Morgan fingerprint density at radius 2 is 1.82 bits per heavy atom. The highest BCUT2D eigenvalue weighted by molar-refractivity contribution is 7.89. The van der Waals surface area contributed by atoms with Crippen molar-refractivity contribution in [2.24, 2.45) is 0 Å². The predicted molar refractivity (Wildman–Crippen MR) is 127 cm³/mol. The molecule has 2 aromatic carbocycles. The van der Waals surface area contributed by atoms with Gasteiger partial charge in [-0.1, -0.05) is 36.4 Å². The standard InChI is InChI=1S/C25H24N4O4S/c30-25(31)12-9-19-4-1-5-21(16-19)24(28-34(32,33)23-6-2-13-26-18-23)17-20-7-10-22(11-8-20)29-15-3-14-27-29/h1-8,10-11,13-16,18,24,28H,9,12,17H2,(H,30,31)/t24-/m1/s1. The van der Waals surface area contributed by atoms with Gasteiger partial charge in [-0.25, -0.2) is 17.8 Å². The molecule has 0 radical (unpaired) electrons. The summed E-state index contributed by atoms with van der Waals surface area (Å²) in [6, 6.07) is 19.5. The van der Waals surface area contributed by atoms with Gasteiger partial charge in [0.1, 0.15) is 4.90 Å². The van der Waals surface area contributed by atoms with E-state index in [9.17, 15) is 13.2 Å². The monoisotopic (exact) mass is 476 g/mol. The van der Waals surface area contributed by atoms with Gasteiger partial charge in [0, 0.05) is 31.2 Å². The van der Waals surface area contributed by atoms with Crippen LogP contribution in [0.5, 0.6) is 0 Å². The lowest BCUT2D eigenvalue weighted by molar-refractivity contribution is -0.136. The van der Waals surface area contributed by atoms with Crippen LogP contribution >= 0.6 is 0 Å². The summed E-state index contributed by atoms with van der Waals surface area (Å²) in [5.74, 6) is -0.878. The summed E-state index contributed by atoms with van der Waals surface area (Å²) in [4.78, 5) is 15.0. The highest BCUT2D eigenvalue weighted by Crippen LogP contribution is 2.24. The minimum atomic E-state index is -3.83. The molecule has 1 atom stereocenters. The first-order valence-electron chi connectivity index (χ1n) is 10.7. The van der Waals surface area contributed by atoms with Crippen LogP contribution < -0.4 is 4.72 Å². The van der Waals surface area contributed by atoms with Crippen molar-refractivity contribution in [1.82, 2.24) is 19.5 Å². The van der Waals surface area contributed by atoms with E-state index in [1.54, 1.807) is 16.9 Å². The zero-order valence-electron chi connectivity index (χ0n) is 18.3. The van der Waals surface area contributed by atoms with E-state index in [1.807, 2.05) is 60.8 Å². The molecule has 0 fully saturated rings. The summed E-state index contributed by atoms with van der Waals surface area (Å²) in [6.45, 7) is 0. The number of benzene rings is 2. The summed E-state index contributed by atoms with van der Waals surface area (Å²) in [7, 11) is -3.83. The molecule has 0 aliphatic heterocycles. The molecule has 2 aromatic heterocycles. The third kappa shape index (κ3) is 5.94. The van der Waals surface area contributed by atoms with Crippen LogP contribution in [-0.4, -0.2) is 34.3 Å². The Bertz CT molecular complexity index is 1340. The number of sulfonamides is 1. The van der Waals surface area contributed by atoms with Crippen molar-refractivity contribution < 1.29 is 18.3 Å². The largest absolute Gasteiger partial charge is 0.481 e. The van der Waals surface area contributed by atoms with E-state index in [0.29, 0.717) is 12.8 Å². The number of rotatable bonds is 10. The maximum atomic E-state index is 13.1. The van der Waals surface area contributed by atoms with Crippen LogP contribution in [0.3, 0.4) is 0 Å². The van der Waals surface area contributed by atoms with Crippen molar-refractivity contribution in [3.63, 3.8) is 0 Å². The van der Waals surface area contributed by atoms with E-state index in [1.165, 1.54) is 18.5 Å². The van der Waals surface area contributed by atoms with Gasteiger partial charge >= 0.3 is 5.97 Å². The average Bonchev–Trinajstić information content (AvgIpc) is 3.38. The number of aromatic nitrogens is 3. The lowest BCUT2D eigenvalue weighted by Crippen LogP contribution is -2.30. The van der Waals surface area contributed by atoms with Gasteiger partial charge in [-0.05, 0) is 59.9 Å². The van der Waals surface area contributed by atoms with Gasteiger partial charge in [-0.3, -0.25) is 9.78 Å². The third-order valence-corrected chi connectivity index (χ3v) is 6.83. The first kappa shape index (κ1) is 23.3. The molecule has 0 unspecified atom stereocenters. The molecule has 0 saturated heterocycles. The average molecular weight is 477 g/mol. The summed E-state index contributed by atoms with van der Waals surface area (Å²) < 4.78 is 30.7. The van der Waals surface area contributed by atoms with Crippen molar-refractivity contribution in [2.45, 2.75) is 30.2 Å². The molecule has 0 aliphatic rings. The quantitative estimate of drug-likeness (QED) is 0.362. The second-order valence-corrected chi connectivity index (χ2v) is 9.54. The van der Waals surface area contributed by atoms with Crippen molar-refractivity contribution >= 4 is 16.0 Å². The van der Waals surface area contributed by atoms with Gasteiger partial charge in [-0.2, -0.15) is 5.10 Å². The Hall–Kier alpha value is -3.82. The van der Waals surface area contributed by atoms with Crippen LogP contribution in [0.4, 0.5) is 0 Å². The molecule has 0 aliphatic carbocycles. The van der Waals surface area contributed by atoms with E-state index >= 15 is 0 Å². The van der Waals surface area contributed by atoms with Crippen molar-refractivity contribution in [2.75, 3.05) is 0 Å². The molecule has 9 heteroatoms. The molecule has 4 aromatic rings. The lowest BCUT2D eigenvalue weighted by atomic mass is 9.97. The third-order valence-electron chi connectivity index (χ3n) is 5.37. The Morgan fingerprint density at radius 1 is 1.00 bits per heavy atom. The minimum Gasteiger partial charge on any atom is -0.481 e. The van der Waals surface area contributed by atoms with Gasteiger partial charge in [0.05, 0.1) is 11.7 Å². The van der Waals surface area contributed by atoms with E-state index < -0.39 is 22.0 Å². The number of hydrogen-bond acceptors (Lipinski definition) is 5. The molecule has 0 spiro atoms. The summed E-state index contributed by atoms with van der Waals surface area (Å²) >= 11 is 0. The second kappa shape index (κ2) is 10.4. The van der Waals surface area contributed by atoms with Gasteiger partial charge in [-0.15, -0.1) is 0 Å². The fourth-order valence-electron chi connectivity index (χ4n) is 3.65. The zero-order chi connectivity index (χ0) is 24.0. The molecule has 0 saturated carbocycles. The Labute approximate surface area is 198 Å². The molecule has 4 rings (SSSR count). The fraction of sp³-hybridized carbons (Fsp3) is 0.160. The first-order chi connectivity index (χ1) is 16.4. The zero-order valence-corrected chi connectivity index (χ0v) is 19.1. The number of carboxylic acid groups (broad SMARTS) is 1. The van der Waals surface area contributed by atoms with E-state index in [2.05, 4.69) is 14.8 Å². The molecule has 174 valence electrons. The summed E-state index contributed by atoms with van der Waals surface area (Å²) in [6.07, 6.45) is 7.15. The molecule has 2 N–H and O–H groups in total. The molecule has 34 heavy (non-hydrogen) atoms. The van der Waals surface area contributed by atoms with E-state index in [0.717, 1.165) is 22.4 Å².